The number of aromatic nitrogens is 1. The summed E-state index contributed by atoms with van der Waals surface area (Å²) in [6.07, 6.45) is 7.72. The molecular formula is C17H22FNOS. The third-order valence-electron chi connectivity index (χ3n) is 5.45. The summed E-state index contributed by atoms with van der Waals surface area (Å²) in [5.74, 6) is 0.895. The molecule has 1 aromatic rings. The minimum absolute atomic E-state index is 0.166. The molecule has 1 aliphatic heterocycles. The van der Waals surface area contributed by atoms with Crippen molar-refractivity contribution in [2.24, 2.45) is 0 Å². The zero-order valence-electron chi connectivity index (χ0n) is 12.2. The summed E-state index contributed by atoms with van der Waals surface area (Å²) in [5, 5.41) is 0.273. The van der Waals surface area contributed by atoms with Crippen LogP contribution in [0.5, 0.6) is 0 Å². The van der Waals surface area contributed by atoms with E-state index < -0.39 is 6.17 Å². The number of thioether (sulfide) groups is 1. The van der Waals surface area contributed by atoms with Crippen molar-refractivity contribution in [1.82, 2.24) is 4.98 Å². The molecule has 2 aliphatic carbocycles. The Kier molecular flexibility index (Phi) is 3.60. The third kappa shape index (κ3) is 2.45. The molecule has 4 heteroatoms. The van der Waals surface area contributed by atoms with Crippen molar-refractivity contribution in [3.05, 3.63) is 27.7 Å². The van der Waals surface area contributed by atoms with Crippen LogP contribution in [-0.4, -0.2) is 16.4 Å². The van der Waals surface area contributed by atoms with Gasteiger partial charge in [0.15, 0.2) is 5.43 Å². The first-order chi connectivity index (χ1) is 10.2. The van der Waals surface area contributed by atoms with Crippen LogP contribution in [0, 0.1) is 0 Å². The smallest absolute Gasteiger partial charge is 0.195 e. The van der Waals surface area contributed by atoms with E-state index in [2.05, 4.69) is 4.98 Å². The number of aromatic amines is 1. The number of pyridine rings is 1. The maximum Gasteiger partial charge on any atom is 0.195 e. The maximum atomic E-state index is 13.6. The van der Waals surface area contributed by atoms with E-state index in [0.717, 1.165) is 22.7 Å². The monoisotopic (exact) mass is 307 g/mol. The van der Waals surface area contributed by atoms with Gasteiger partial charge >= 0.3 is 0 Å². The van der Waals surface area contributed by atoms with Crippen LogP contribution < -0.4 is 5.43 Å². The summed E-state index contributed by atoms with van der Waals surface area (Å²) < 4.78 is 13.6. The molecule has 3 atom stereocenters. The van der Waals surface area contributed by atoms with Crippen LogP contribution in [0.1, 0.15) is 74.6 Å². The van der Waals surface area contributed by atoms with Gasteiger partial charge in [-0.25, -0.2) is 4.39 Å². The number of fused-ring (bicyclic) bond motifs is 3. The summed E-state index contributed by atoms with van der Waals surface area (Å²) in [7, 11) is 0. The standard InChI is InChI=1S/C17H22FNOS/c18-11-6-7-12-15(8-11)21-17-14(20)9-13(19-16(12)17)10-4-2-1-3-5-10/h9-12,15H,1-8H2,(H,19,20). The van der Waals surface area contributed by atoms with Crippen LogP contribution in [-0.2, 0) is 0 Å². The molecular weight excluding hydrogens is 285 g/mol. The van der Waals surface area contributed by atoms with Gasteiger partial charge in [0.1, 0.15) is 6.17 Å². The largest absolute Gasteiger partial charge is 0.361 e. The fraction of sp³-hybridized carbons (Fsp3) is 0.706. The number of hydrogen-bond donors (Lipinski definition) is 1. The van der Waals surface area contributed by atoms with E-state index in [-0.39, 0.29) is 10.7 Å². The molecule has 0 saturated heterocycles. The number of hydrogen-bond acceptors (Lipinski definition) is 2. The van der Waals surface area contributed by atoms with Gasteiger partial charge in [0.2, 0.25) is 0 Å². The SMILES string of the molecule is O=c1cc(C2CCCCC2)[nH]c2c1SC1CC(F)CCC21. The van der Waals surface area contributed by atoms with Gasteiger partial charge in [0, 0.05) is 28.6 Å². The Morgan fingerprint density at radius 2 is 1.95 bits per heavy atom. The van der Waals surface area contributed by atoms with Gasteiger partial charge in [-0.05, 0) is 38.0 Å². The minimum Gasteiger partial charge on any atom is -0.361 e. The zero-order chi connectivity index (χ0) is 14.4. The molecule has 0 aromatic carbocycles. The second-order valence-corrected chi connectivity index (χ2v) is 8.09. The van der Waals surface area contributed by atoms with Gasteiger partial charge in [-0.2, -0.15) is 0 Å². The van der Waals surface area contributed by atoms with Gasteiger partial charge in [-0.3, -0.25) is 4.79 Å². The van der Waals surface area contributed by atoms with Crippen molar-refractivity contribution in [2.45, 2.75) is 79.5 Å². The predicted molar refractivity (Wildman–Crippen MR) is 84.0 cm³/mol. The first-order valence-electron chi connectivity index (χ1n) is 8.30. The van der Waals surface area contributed by atoms with Crippen molar-refractivity contribution >= 4 is 11.8 Å². The molecule has 21 heavy (non-hydrogen) atoms. The highest BCUT2D eigenvalue weighted by Crippen LogP contribution is 2.50. The number of halogens is 1. The van der Waals surface area contributed by atoms with Crippen LogP contribution in [0.2, 0.25) is 0 Å². The fourth-order valence-electron chi connectivity index (χ4n) is 4.30. The van der Waals surface area contributed by atoms with Crippen molar-refractivity contribution in [2.75, 3.05) is 0 Å². The molecule has 2 fully saturated rings. The first-order valence-corrected chi connectivity index (χ1v) is 9.18. The summed E-state index contributed by atoms with van der Waals surface area (Å²) in [4.78, 5) is 16.9. The highest BCUT2D eigenvalue weighted by Gasteiger charge is 2.40. The first kappa shape index (κ1) is 13.9. The van der Waals surface area contributed by atoms with E-state index in [1.165, 1.54) is 32.1 Å². The lowest BCUT2D eigenvalue weighted by Crippen LogP contribution is -2.24. The van der Waals surface area contributed by atoms with E-state index in [9.17, 15) is 9.18 Å². The molecule has 2 heterocycles. The quantitative estimate of drug-likeness (QED) is 0.828. The molecule has 3 aliphatic rings. The van der Waals surface area contributed by atoms with Crippen molar-refractivity contribution in [1.29, 1.82) is 0 Å². The zero-order valence-corrected chi connectivity index (χ0v) is 13.1. The molecule has 0 spiro atoms. The van der Waals surface area contributed by atoms with Crippen molar-refractivity contribution in [3.63, 3.8) is 0 Å². The summed E-state index contributed by atoms with van der Waals surface area (Å²) >= 11 is 1.62. The topological polar surface area (TPSA) is 32.9 Å². The summed E-state index contributed by atoms with van der Waals surface area (Å²) in [5.41, 5.74) is 2.44. The highest BCUT2D eigenvalue weighted by atomic mass is 32.2. The van der Waals surface area contributed by atoms with E-state index >= 15 is 0 Å². The number of alkyl halides is 1. The van der Waals surface area contributed by atoms with Crippen molar-refractivity contribution < 1.29 is 4.39 Å². The molecule has 0 radical (unpaired) electrons. The lowest BCUT2D eigenvalue weighted by molar-refractivity contribution is 0.241. The number of rotatable bonds is 1. The average molecular weight is 307 g/mol. The van der Waals surface area contributed by atoms with E-state index in [1.54, 1.807) is 11.8 Å². The maximum absolute atomic E-state index is 13.6. The predicted octanol–water partition coefficient (Wildman–Crippen LogP) is 4.50. The van der Waals surface area contributed by atoms with Crippen LogP contribution in [0.15, 0.2) is 15.8 Å². The molecule has 2 saturated carbocycles. The number of H-pyrrole nitrogens is 1. The van der Waals surface area contributed by atoms with E-state index in [0.29, 0.717) is 24.7 Å². The Bertz CT molecular complexity index is 593. The Hall–Kier alpha value is -0.770. The molecule has 3 unspecified atom stereocenters. The number of nitrogens with one attached hydrogen (secondary N) is 1. The Labute approximate surface area is 128 Å². The highest BCUT2D eigenvalue weighted by molar-refractivity contribution is 8.00. The van der Waals surface area contributed by atoms with Gasteiger partial charge in [-0.1, -0.05) is 19.3 Å². The Morgan fingerprint density at radius 1 is 1.14 bits per heavy atom. The lowest BCUT2D eigenvalue weighted by Gasteiger charge is -2.27. The second-order valence-electron chi connectivity index (χ2n) is 6.84. The van der Waals surface area contributed by atoms with Gasteiger partial charge in [0.05, 0.1) is 4.90 Å². The Morgan fingerprint density at radius 3 is 2.76 bits per heavy atom. The Balaban J connectivity index is 1.68. The normalized spacial score (nSPS) is 32.7. The molecule has 2 nitrogen and oxygen atoms in total. The second kappa shape index (κ2) is 5.45. The lowest BCUT2D eigenvalue weighted by atomic mass is 9.84. The van der Waals surface area contributed by atoms with Crippen LogP contribution in [0.4, 0.5) is 4.39 Å². The molecule has 0 bridgehead atoms. The molecule has 1 N–H and O–H groups in total. The third-order valence-corrected chi connectivity index (χ3v) is 6.93. The minimum atomic E-state index is -0.680. The summed E-state index contributed by atoms with van der Waals surface area (Å²) in [6.45, 7) is 0. The van der Waals surface area contributed by atoms with Crippen LogP contribution >= 0.6 is 11.8 Å². The fourth-order valence-corrected chi connectivity index (χ4v) is 5.85. The molecule has 4 rings (SSSR count). The van der Waals surface area contributed by atoms with Crippen molar-refractivity contribution in [3.8, 4) is 0 Å². The molecule has 114 valence electrons. The van der Waals surface area contributed by atoms with Gasteiger partial charge in [0.25, 0.3) is 0 Å². The van der Waals surface area contributed by atoms with Crippen LogP contribution in [0.3, 0.4) is 0 Å². The van der Waals surface area contributed by atoms with Gasteiger partial charge < -0.3 is 4.98 Å². The van der Waals surface area contributed by atoms with Crippen LogP contribution in [0.25, 0.3) is 0 Å². The van der Waals surface area contributed by atoms with Gasteiger partial charge in [-0.15, -0.1) is 11.8 Å². The molecule has 0 amide bonds. The molecule has 1 aromatic heterocycles. The van der Waals surface area contributed by atoms with E-state index in [4.69, 9.17) is 0 Å². The van der Waals surface area contributed by atoms with E-state index in [1.807, 2.05) is 6.07 Å². The summed E-state index contributed by atoms with van der Waals surface area (Å²) in [6, 6.07) is 1.83. The average Bonchev–Trinajstić information content (AvgIpc) is 2.86.